The molecule has 8 heteroatoms. The summed E-state index contributed by atoms with van der Waals surface area (Å²) >= 11 is 0. The van der Waals surface area contributed by atoms with Crippen molar-refractivity contribution < 1.29 is 14.4 Å². The summed E-state index contributed by atoms with van der Waals surface area (Å²) in [6.07, 6.45) is 2.82. The van der Waals surface area contributed by atoms with Gasteiger partial charge in [-0.1, -0.05) is 12.1 Å². The SMILES string of the molecule is CNC(=O)CCc1cccc(NC(=O)NCCN2CCCC(C(N)=O)C2)c1. The van der Waals surface area contributed by atoms with Gasteiger partial charge in [0.15, 0.2) is 0 Å². The number of aryl methyl sites for hydroxylation is 1. The van der Waals surface area contributed by atoms with Gasteiger partial charge in [-0.25, -0.2) is 4.79 Å². The van der Waals surface area contributed by atoms with Crippen molar-refractivity contribution in [2.24, 2.45) is 11.7 Å². The molecule has 0 radical (unpaired) electrons. The zero-order chi connectivity index (χ0) is 19.6. The van der Waals surface area contributed by atoms with Crippen molar-refractivity contribution in [1.82, 2.24) is 15.5 Å². The van der Waals surface area contributed by atoms with Gasteiger partial charge in [0.2, 0.25) is 11.8 Å². The van der Waals surface area contributed by atoms with Gasteiger partial charge < -0.3 is 26.6 Å². The van der Waals surface area contributed by atoms with E-state index in [1.54, 1.807) is 7.05 Å². The zero-order valence-electron chi connectivity index (χ0n) is 15.8. The molecule has 2 rings (SSSR count). The van der Waals surface area contributed by atoms with Gasteiger partial charge in [0.05, 0.1) is 5.92 Å². The normalized spacial score (nSPS) is 17.1. The molecule has 1 atom stereocenters. The molecule has 5 N–H and O–H groups in total. The maximum absolute atomic E-state index is 12.1. The highest BCUT2D eigenvalue weighted by atomic mass is 16.2. The maximum atomic E-state index is 12.1. The first-order chi connectivity index (χ1) is 13.0. The van der Waals surface area contributed by atoms with Gasteiger partial charge in [-0.3, -0.25) is 9.59 Å². The second kappa shape index (κ2) is 10.5. The second-order valence-electron chi connectivity index (χ2n) is 6.80. The Bertz CT molecular complexity index is 665. The van der Waals surface area contributed by atoms with Crippen LogP contribution < -0.4 is 21.7 Å². The standard InChI is InChI=1S/C19H29N5O3/c1-21-17(25)8-7-14-4-2-6-16(12-14)23-19(27)22-9-11-24-10-3-5-15(13-24)18(20)26/h2,4,6,12,15H,3,5,7-11,13H2,1H3,(H2,20,26)(H,21,25)(H2,22,23,27). The largest absolute Gasteiger partial charge is 0.369 e. The van der Waals surface area contributed by atoms with Crippen LogP contribution in [0.1, 0.15) is 24.8 Å². The van der Waals surface area contributed by atoms with Gasteiger partial charge >= 0.3 is 6.03 Å². The van der Waals surface area contributed by atoms with E-state index in [0.717, 1.165) is 24.9 Å². The lowest BCUT2D eigenvalue weighted by molar-refractivity contribution is -0.123. The fourth-order valence-electron chi connectivity index (χ4n) is 3.18. The third-order valence-corrected chi connectivity index (χ3v) is 4.73. The number of rotatable bonds is 8. The van der Waals surface area contributed by atoms with Gasteiger partial charge in [0, 0.05) is 38.8 Å². The first kappa shape index (κ1) is 20.7. The first-order valence-corrected chi connectivity index (χ1v) is 9.34. The highest BCUT2D eigenvalue weighted by Gasteiger charge is 2.23. The number of benzene rings is 1. The molecule has 1 aliphatic heterocycles. The Balaban J connectivity index is 1.72. The number of piperidine rings is 1. The van der Waals surface area contributed by atoms with E-state index in [-0.39, 0.29) is 23.8 Å². The number of likely N-dealkylation sites (tertiary alicyclic amines) is 1. The molecule has 0 aromatic heterocycles. The third kappa shape index (κ3) is 7.26. The fourth-order valence-corrected chi connectivity index (χ4v) is 3.18. The molecule has 0 spiro atoms. The Labute approximate surface area is 159 Å². The Kier molecular flexibility index (Phi) is 8.06. The lowest BCUT2D eigenvalue weighted by Gasteiger charge is -2.31. The van der Waals surface area contributed by atoms with Crippen molar-refractivity contribution in [3.8, 4) is 0 Å². The third-order valence-electron chi connectivity index (χ3n) is 4.73. The number of amides is 4. The molecule has 0 saturated carbocycles. The minimum Gasteiger partial charge on any atom is -0.369 e. The van der Waals surface area contributed by atoms with Gasteiger partial charge in [-0.05, 0) is 43.5 Å². The zero-order valence-corrected chi connectivity index (χ0v) is 15.8. The van der Waals surface area contributed by atoms with Gasteiger partial charge in [-0.15, -0.1) is 0 Å². The quantitative estimate of drug-likeness (QED) is 0.535. The number of primary amides is 1. The van der Waals surface area contributed by atoms with Crippen molar-refractivity contribution in [2.45, 2.75) is 25.7 Å². The van der Waals surface area contributed by atoms with Crippen LogP contribution in [-0.2, 0) is 16.0 Å². The molecule has 8 nitrogen and oxygen atoms in total. The van der Waals surface area contributed by atoms with Crippen LogP contribution in [0.15, 0.2) is 24.3 Å². The minimum absolute atomic E-state index is 0.0117. The Morgan fingerprint density at radius 2 is 2.11 bits per heavy atom. The number of nitrogens with zero attached hydrogens (tertiary/aromatic N) is 1. The van der Waals surface area contributed by atoms with Crippen LogP contribution in [0.3, 0.4) is 0 Å². The molecular weight excluding hydrogens is 346 g/mol. The summed E-state index contributed by atoms with van der Waals surface area (Å²) in [6.45, 7) is 2.75. The van der Waals surface area contributed by atoms with Gasteiger partial charge in [-0.2, -0.15) is 0 Å². The maximum Gasteiger partial charge on any atom is 0.319 e. The Hall–Kier alpha value is -2.61. The Morgan fingerprint density at radius 3 is 2.85 bits per heavy atom. The van der Waals surface area contributed by atoms with E-state index in [2.05, 4.69) is 20.9 Å². The average Bonchev–Trinajstić information content (AvgIpc) is 2.66. The number of carbonyl (C=O) groups is 3. The number of urea groups is 1. The molecule has 1 saturated heterocycles. The Morgan fingerprint density at radius 1 is 1.30 bits per heavy atom. The topological polar surface area (TPSA) is 117 Å². The van der Waals surface area contributed by atoms with Crippen molar-refractivity contribution >= 4 is 23.5 Å². The van der Waals surface area contributed by atoms with E-state index in [4.69, 9.17) is 5.73 Å². The van der Waals surface area contributed by atoms with Gasteiger partial charge in [0.25, 0.3) is 0 Å². The molecule has 1 fully saturated rings. The van der Waals surface area contributed by atoms with E-state index in [1.165, 1.54) is 0 Å². The highest BCUT2D eigenvalue weighted by Crippen LogP contribution is 2.15. The molecule has 1 aromatic carbocycles. The van der Waals surface area contributed by atoms with Crippen molar-refractivity contribution in [2.75, 3.05) is 38.5 Å². The van der Waals surface area contributed by atoms with Crippen molar-refractivity contribution in [3.63, 3.8) is 0 Å². The smallest absolute Gasteiger partial charge is 0.319 e. The second-order valence-corrected chi connectivity index (χ2v) is 6.80. The molecule has 1 unspecified atom stereocenters. The average molecular weight is 375 g/mol. The molecule has 27 heavy (non-hydrogen) atoms. The van der Waals surface area contributed by atoms with E-state index in [1.807, 2.05) is 24.3 Å². The van der Waals surface area contributed by atoms with Crippen LogP contribution in [0.4, 0.5) is 10.5 Å². The van der Waals surface area contributed by atoms with E-state index in [0.29, 0.717) is 38.2 Å². The summed E-state index contributed by atoms with van der Waals surface area (Å²) in [4.78, 5) is 36.9. The molecule has 1 aromatic rings. The first-order valence-electron chi connectivity index (χ1n) is 9.34. The number of nitrogens with one attached hydrogen (secondary N) is 3. The minimum atomic E-state index is -0.276. The molecule has 0 bridgehead atoms. The lowest BCUT2D eigenvalue weighted by Crippen LogP contribution is -2.44. The summed E-state index contributed by atoms with van der Waals surface area (Å²) < 4.78 is 0. The molecule has 148 valence electrons. The van der Waals surface area contributed by atoms with Crippen LogP contribution in [0.2, 0.25) is 0 Å². The van der Waals surface area contributed by atoms with Crippen LogP contribution in [0, 0.1) is 5.92 Å². The summed E-state index contributed by atoms with van der Waals surface area (Å²) in [6, 6.07) is 7.18. The van der Waals surface area contributed by atoms with E-state index in [9.17, 15) is 14.4 Å². The fraction of sp³-hybridized carbons (Fsp3) is 0.526. The summed E-state index contributed by atoms with van der Waals surface area (Å²) in [5.74, 6) is -0.353. The van der Waals surface area contributed by atoms with Crippen molar-refractivity contribution in [1.29, 1.82) is 0 Å². The number of carbonyl (C=O) groups excluding carboxylic acids is 3. The van der Waals surface area contributed by atoms with Crippen LogP contribution in [0.25, 0.3) is 0 Å². The molecule has 1 heterocycles. The predicted octanol–water partition coefficient (Wildman–Crippen LogP) is 0.684. The predicted molar refractivity (Wildman–Crippen MR) is 104 cm³/mol. The van der Waals surface area contributed by atoms with E-state index >= 15 is 0 Å². The van der Waals surface area contributed by atoms with Crippen LogP contribution in [-0.4, -0.2) is 56.0 Å². The monoisotopic (exact) mass is 375 g/mol. The van der Waals surface area contributed by atoms with Crippen LogP contribution >= 0.6 is 0 Å². The van der Waals surface area contributed by atoms with Gasteiger partial charge in [0.1, 0.15) is 0 Å². The summed E-state index contributed by atoms with van der Waals surface area (Å²) in [5, 5.41) is 8.23. The highest BCUT2D eigenvalue weighted by molar-refractivity contribution is 5.89. The molecule has 4 amide bonds. The number of anilines is 1. The summed E-state index contributed by atoms with van der Waals surface area (Å²) in [5.41, 5.74) is 7.06. The molecular formula is C19H29N5O3. The van der Waals surface area contributed by atoms with Crippen LogP contribution in [0.5, 0.6) is 0 Å². The number of hydrogen-bond acceptors (Lipinski definition) is 4. The lowest BCUT2D eigenvalue weighted by atomic mass is 9.97. The number of nitrogens with two attached hydrogens (primary N) is 1. The number of hydrogen-bond donors (Lipinski definition) is 4. The molecule has 1 aliphatic rings. The summed E-state index contributed by atoms with van der Waals surface area (Å²) in [7, 11) is 1.61. The van der Waals surface area contributed by atoms with E-state index < -0.39 is 0 Å². The molecule has 0 aliphatic carbocycles. The van der Waals surface area contributed by atoms with Crippen molar-refractivity contribution in [3.05, 3.63) is 29.8 Å².